The second-order valence-corrected chi connectivity index (χ2v) is 6.77. The molecule has 0 aromatic carbocycles. The van der Waals surface area contributed by atoms with Crippen LogP contribution in [-0.2, 0) is 17.7 Å². The molecule has 24 heavy (non-hydrogen) atoms. The highest BCUT2D eigenvalue weighted by molar-refractivity contribution is 7.14. The molecule has 0 radical (unpaired) electrons. The number of carbonyl (C=O) groups is 1. The predicted molar refractivity (Wildman–Crippen MR) is 92.5 cm³/mol. The molecule has 4 rings (SSSR count). The molecule has 1 saturated heterocycles. The number of aromatic nitrogens is 2. The number of hydrogen-bond acceptors (Lipinski definition) is 6. The van der Waals surface area contributed by atoms with Gasteiger partial charge in [-0.3, -0.25) is 5.32 Å². The number of amides is 2. The van der Waals surface area contributed by atoms with Crippen molar-refractivity contribution < 1.29 is 9.53 Å². The van der Waals surface area contributed by atoms with Crippen molar-refractivity contribution >= 4 is 28.3 Å². The molecule has 0 aliphatic carbocycles. The molecule has 1 N–H and O–H groups in total. The average molecular weight is 345 g/mol. The molecule has 4 heterocycles. The van der Waals surface area contributed by atoms with E-state index in [2.05, 4.69) is 15.2 Å². The van der Waals surface area contributed by atoms with Gasteiger partial charge in [-0.1, -0.05) is 0 Å². The number of anilines is 2. The van der Waals surface area contributed by atoms with E-state index < -0.39 is 0 Å². The highest BCUT2D eigenvalue weighted by Crippen LogP contribution is 2.21. The number of nitrogens with one attached hydrogen (secondary N) is 1. The number of carbonyl (C=O) groups excluding carboxylic acids is 1. The smallest absolute Gasteiger partial charge is 0.322 e. The van der Waals surface area contributed by atoms with Crippen molar-refractivity contribution in [3.8, 4) is 0 Å². The van der Waals surface area contributed by atoms with Crippen molar-refractivity contribution in [2.45, 2.75) is 13.0 Å². The molecule has 2 aliphatic heterocycles. The minimum Gasteiger partial charge on any atom is -0.378 e. The summed E-state index contributed by atoms with van der Waals surface area (Å²) in [4.78, 5) is 25.5. The molecule has 0 spiro atoms. The van der Waals surface area contributed by atoms with Gasteiger partial charge in [-0.25, -0.2) is 14.8 Å². The van der Waals surface area contributed by atoms with Crippen LogP contribution in [0.25, 0.3) is 0 Å². The van der Waals surface area contributed by atoms with E-state index in [0.29, 0.717) is 26.3 Å². The summed E-state index contributed by atoms with van der Waals surface area (Å²) >= 11 is 1.52. The summed E-state index contributed by atoms with van der Waals surface area (Å²) < 4.78 is 5.37. The molecule has 0 unspecified atom stereocenters. The summed E-state index contributed by atoms with van der Waals surface area (Å²) in [5.74, 6) is 0.734. The first-order chi connectivity index (χ1) is 11.8. The van der Waals surface area contributed by atoms with Gasteiger partial charge in [0.25, 0.3) is 0 Å². The number of hydrogen-bond donors (Lipinski definition) is 1. The lowest BCUT2D eigenvalue weighted by Gasteiger charge is -2.30. The number of fused-ring (bicyclic) bond motifs is 1. The fourth-order valence-electron chi connectivity index (χ4n) is 2.92. The number of rotatable bonds is 2. The Morgan fingerprint density at radius 2 is 2.17 bits per heavy atom. The van der Waals surface area contributed by atoms with Crippen LogP contribution in [-0.4, -0.2) is 53.7 Å². The van der Waals surface area contributed by atoms with Gasteiger partial charge >= 0.3 is 6.03 Å². The molecule has 7 nitrogen and oxygen atoms in total. The first-order valence-corrected chi connectivity index (χ1v) is 8.94. The Bertz CT molecular complexity index is 715. The summed E-state index contributed by atoms with van der Waals surface area (Å²) in [6, 6.07) is 3.75. The second-order valence-electron chi connectivity index (χ2n) is 5.82. The summed E-state index contributed by atoms with van der Waals surface area (Å²) in [5.41, 5.74) is 2.08. The Hall–Kier alpha value is -2.19. The van der Waals surface area contributed by atoms with Gasteiger partial charge in [0, 0.05) is 25.8 Å². The average Bonchev–Trinajstić information content (AvgIpc) is 3.14. The van der Waals surface area contributed by atoms with Gasteiger partial charge in [-0.05, 0) is 29.5 Å². The lowest BCUT2D eigenvalue weighted by atomic mass is 10.1. The summed E-state index contributed by atoms with van der Waals surface area (Å²) in [6.45, 7) is 4.23. The lowest BCUT2D eigenvalue weighted by Crippen LogP contribution is -2.40. The highest BCUT2D eigenvalue weighted by atomic mass is 32.1. The zero-order chi connectivity index (χ0) is 16.4. The molecule has 1 fully saturated rings. The summed E-state index contributed by atoms with van der Waals surface area (Å²) in [6.07, 6.45) is 2.69. The molecule has 0 bridgehead atoms. The van der Waals surface area contributed by atoms with Crippen LogP contribution in [0.2, 0.25) is 0 Å². The number of ether oxygens (including phenoxy) is 1. The molecule has 0 saturated carbocycles. The van der Waals surface area contributed by atoms with Crippen molar-refractivity contribution in [2.75, 3.05) is 43.1 Å². The Labute approximate surface area is 144 Å². The topological polar surface area (TPSA) is 70.6 Å². The second kappa shape index (κ2) is 6.74. The molecule has 2 aliphatic rings. The first kappa shape index (κ1) is 15.3. The maximum absolute atomic E-state index is 12.4. The standard InChI is InChI=1S/C16H19N5O2S/c22-16(19-14-2-1-9-24-14)21-4-3-12-10-17-15(18-13(12)11-21)20-5-7-23-8-6-20/h1-2,9-10H,3-8,11H2,(H,19,22). The van der Waals surface area contributed by atoms with Gasteiger partial charge < -0.3 is 14.5 Å². The van der Waals surface area contributed by atoms with Crippen molar-refractivity contribution in [1.82, 2.24) is 14.9 Å². The Kier molecular flexibility index (Phi) is 4.31. The van der Waals surface area contributed by atoms with Gasteiger partial charge in [0.05, 0.1) is 30.5 Å². The van der Waals surface area contributed by atoms with E-state index >= 15 is 0 Å². The van der Waals surface area contributed by atoms with Crippen LogP contribution in [0.3, 0.4) is 0 Å². The van der Waals surface area contributed by atoms with E-state index in [9.17, 15) is 4.79 Å². The third-order valence-electron chi connectivity index (χ3n) is 4.27. The van der Waals surface area contributed by atoms with Crippen molar-refractivity contribution in [3.05, 3.63) is 35.0 Å². The van der Waals surface area contributed by atoms with Crippen molar-refractivity contribution in [3.63, 3.8) is 0 Å². The monoisotopic (exact) mass is 345 g/mol. The molecule has 2 aromatic rings. The maximum Gasteiger partial charge on any atom is 0.322 e. The van der Waals surface area contributed by atoms with Gasteiger partial charge in [0.2, 0.25) is 5.95 Å². The molecule has 2 amide bonds. The third kappa shape index (κ3) is 3.20. The quantitative estimate of drug-likeness (QED) is 0.901. The number of urea groups is 1. The van der Waals surface area contributed by atoms with Crippen LogP contribution in [0.15, 0.2) is 23.7 Å². The van der Waals surface area contributed by atoms with Crippen LogP contribution >= 0.6 is 11.3 Å². The largest absolute Gasteiger partial charge is 0.378 e. The minimum absolute atomic E-state index is 0.0744. The van der Waals surface area contributed by atoms with Gasteiger partial charge in [-0.15, -0.1) is 11.3 Å². The van der Waals surface area contributed by atoms with Crippen LogP contribution < -0.4 is 10.2 Å². The van der Waals surface area contributed by atoms with Crippen LogP contribution in [0.4, 0.5) is 15.7 Å². The number of morpholine rings is 1. The Morgan fingerprint density at radius 1 is 1.29 bits per heavy atom. The van der Waals surface area contributed by atoms with Gasteiger partial charge in [0.1, 0.15) is 0 Å². The lowest BCUT2D eigenvalue weighted by molar-refractivity contribution is 0.122. The predicted octanol–water partition coefficient (Wildman–Crippen LogP) is 1.96. The van der Waals surface area contributed by atoms with E-state index in [1.54, 1.807) is 4.90 Å². The first-order valence-electron chi connectivity index (χ1n) is 8.06. The van der Waals surface area contributed by atoms with Gasteiger partial charge in [-0.2, -0.15) is 0 Å². The minimum atomic E-state index is -0.0744. The molecule has 126 valence electrons. The molecule has 8 heteroatoms. The third-order valence-corrected chi connectivity index (χ3v) is 5.05. The fourth-order valence-corrected chi connectivity index (χ4v) is 3.52. The van der Waals surface area contributed by atoms with Crippen LogP contribution in [0.1, 0.15) is 11.3 Å². The highest BCUT2D eigenvalue weighted by Gasteiger charge is 2.24. The van der Waals surface area contributed by atoms with Gasteiger partial charge in [0.15, 0.2) is 0 Å². The Balaban J connectivity index is 1.47. The van der Waals surface area contributed by atoms with Crippen molar-refractivity contribution in [2.24, 2.45) is 0 Å². The molecule has 0 atom stereocenters. The number of thiophene rings is 1. The van der Waals surface area contributed by atoms with E-state index in [4.69, 9.17) is 9.72 Å². The van der Waals surface area contributed by atoms with E-state index in [0.717, 1.165) is 41.7 Å². The zero-order valence-corrected chi connectivity index (χ0v) is 14.1. The van der Waals surface area contributed by atoms with E-state index in [1.807, 2.05) is 23.7 Å². The number of nitrogens with zero attached hydrogens (tertiary/aromatic N) is 4. The van der Waals surface area contributed by atoms with Crippen LogP contribution in [0.5, 0.6) is 0 Å². The summed E-state index contributed by atoms with van der Waals surface area (Å²) in [7, 11) is 0. The Morgan fingerprint density at radius 3 is 2.96 bits per heavy atom. The fraction of sp³-hybridized carbons (Fsp3) is 0.438. The molecule has 2 aromatic heterocycles. The zero-order valence-electron chi connectivity index (χ0n) is 13.3. The maximum atomic E-state index is 12.4. The van der Waals surface area contributed by atoms with E-state index in [1.165, 1.54) is 11.3 Å². The molecular formula is C16H19N5O2S. The summed E-state index contributed by atoms with van der Waals surface area (Å²) in [5, 5.41) is 5.75. The molecular weight excluding hydrogens is 326 g/mol. The normalized spacial score (nSPS) is 17.5. The SMILES string of the molecule is O=C(Nc1cccs1)N1CCc2cnc(N3CCOCC3)nc2C1. The van der Waals surface area contributed by atoms with E-state index in [-0.39, 0.29) is 6.03 Å². The van der Waals surface area contributed by atoms with Crippen molar-refractivity contribution in [1.29, 1.82) is 0 Å². The van der Waals surface area contributed by atoms with Crippen LogP contribution in [0, 0.1) is 0 Å².